The molecule has 8 heteroatoms. The van der Waals surface area contributed by atoms with E-state index in [9.17, 15) is 18.8 Å². The van der Waals surface area contributed by atoms with Crippen molar-refractivity contribution < 1.29 is 13.6 Å². The Morgan fingerprint density at radius 1 is 1.20 bits per heavy atom. The molecule has 128 valence electrons. The molecule has 2 heterocycles. The van der Waals surface area contributed by atoms with E-state index in [1.807, 2.05) is 0 Å². The van der Waals surface area contributed by atoms with Crippen LogP contribution in [0.4, 0.5) is 4.39 Å². The van der Waals surface area contributed by atoms with Gasteiger partial charge in [-0.05, 0) is 29.8 Å². The molecule has 2 N–H and O–H groups in total. The van der Waals surface area contributed by atoms with Crippen molar-refractivity contribution in [1.29, 1.82) is 0 Å². The lowest BCUT2D eigenvalue weighted by Gasteiger charge is -2.07. The molecule has 1 amide bonds. The topological polar surface area (TPSA) is 97.1 Å². The highest BCUT2D eigenvalue weighted by Gasteiger charge is 2.15. The van der Waals surface area contributed by atoms with E-state index in [1.54, 1.807) is 12.1 Å². The molecule has 25 heavy (non-hydrogen) atoms. The van der Waals surface area contributed by atoms with Crippen LogP contribution in [0.15, 0.2) is 62.9 Å². The van der Waals surface area contributed by atoms with Crippen LogP contribution >= 0.6 is 0 Å². The monoisotopic (exact) mass is 343 g/mol. The summed E-state index contributed by atoms with van der Waals surface area (Å²) in [5.74, 6) is -0.605. The normalized spacial score (nSPS) is 10.6. The Bertz CT molecular complexity index is 988. The van der Waals surface area contributed by atoms with Gasteiger partial charge in [-0.3, -0.25) is 14.2 Å². The lowest BCUT2D eigenvalue weighted by atomic mass is 10.2. The second-order valence-corrected chi connectivity index (χ2v) is 5.29. The molecule has 0 bridgehead atoms. The van der Waals surface area contributed by atoms with Crippen molar-refractivity contribution in [2.45, 2.75) is 13.1 Å². The Morgan fingerprint density at radius 3 is 2.64 bits per heavy atom. The minimum atomic E-state index is -0.725. The molecule has 0 aliphatic heterocycles. The van der Waals surface area contributed by atoms with Crippen molar-refractivity contribution in [2.75, 3.05) is 0 Å². The highest BCUT2D eigenvalue weighted by Crippen LogP contribution is 2.03. The summed E-state index contributed by atoms with van der Waals surface area (Å²) in [7, 11) is 0. The number of furan rings is 1. The van der Waals surface area contributed by atoms with Crippen LogP contribution in [0.5, 0.6) is 0 Å². The number of carbonyl (C=O) groups is 1. The number of benzene rings is 1. The molecule has 0 spiro atoms. The highest BCUT2D eigenvalue weighted by atomic mass is 19.1. The summed E-state index contributed by atoms with van der Waals surface area (Å²) in [6.07, 6.45) is 2.50. The number of aromatic nitrogens is 2. The maximum Gasteiger partial charge on any atom is 0.328 e. The molecule has 0 unspecified atom stereocenters. The summed E-state index contributed by atoms with van der Waals surface area (Å²) in [6.45, 7) is 0.0378. The molecule has 0 radical (unpaired) electrons. The highest BCUT2D eigenvalue weighted by molar-refractivity contribution is 5.93. The first-order valence-electron chi connectivity index (χ1n) is 7.42. The number of amides is 1. The number of nitrogens with zero attached hydrogens (tertiary/aromatic N) is 1. The van der Waals surface area contributed by atoms with Crippen molar-refractivity contribution in [1.82, 2.24) is 14.9 Å². The zero-order valence-electron chi connectivity index (χ0n) is 13.0. The molecule has 0 atom stereocenters. The van der Waals surface area contributed by atoms with Crippen LogP contribution in [-0.2, 0) is 13.1 Å². The van der Waals surface area contributed by atoms with Crippen LogP contribution in [0.3, 0.4) is 0 Å². The minimum Gasteiger partial charge on any atom is -0.467 e. The van der Waals surface area contributed by atoms with Gasteiger partial charge in [-0.15, -0.1) is 0 Å². The summed E-state index contributed by atoms with van der Waals surface area (Å²) in [4.78, 5) is 38.8. The number of nitrogens with one attached hydrogen (secondary N) is 2. The van der Waals surface area contributed by atoms with Crippen molar-refractivity contribution in [3.05, 3.63) is 92.4 Å². The number of aromatic amines is 1. The summed E-state index contributed by atoms with van der Waals surface area (Å²) in [6, 6.07) is 8.85. The molecule has 0 fully saturated rings. The molecular weight excluding hydrogens is 329 g/mol. The van der Waals surface area contributed by atoms with Crippen molar-refractivity contribution in [3.63, 3.8) is 0 Å². The van der Waals surface area contributed by atoms with Crippen LogP contribution in [-0.4, -0.2) is 15.5 Å². The number of hydrogen-bond donors (Lipinski definition) is 2. The Kier molecular flexibility index (Phi) is 4.60. The lowest BCUT2D eigenvalue weighted by molar-refractivity contribution is 0.0948. The van der Waals surface area contributed by atoms with Gasteiger partial charge in [-0.2, -0.15) is 0 Å². The zero-order valence-corrected chi connectivity index (χ0v) is 13.0. The van der Waals surface area contributed by atoms with Crippen LogP contribution in [0.2, 0.25) is 0 Å². The molecular formula is C17H14FN3O4. The van der Waals surface area contributed by atoms with Gasteiger partial charge in [0.05, 0.1) is 12.8 Å². The molecule has 7 nitrogen and oxygen atoms in total. The second kappa shape index (κ2) is 7.00. The number of H-pyrrole nitrogens is 1. The van der Waals surface area contributed by atoms with Crippen molar-refractivity contribution in [2.24, 2.45) is 0 Å². The van der Waals surface area contributed by atoms with Gasteiger partial charge >= 0.3 is 5.69 Å². The fourth-order valence-electron chi connectivity index (χ4n) is 2.26. The quantitative estimate of drug-likeness (QED) is 0.728. The van der Waals surface area contributed by atoms with Crippen molar-refractivity contribution >= 4 is 5.91 Å². The summed E-state index contributed by atoms with van der Waals surface area (Å²) in [5.41, 5.74) is -0.892. The van der Waals surface area contributed by atoms with Gasteiger partial charge in [0.25, 0.3) is 11.5 Å². The summed E-state index contributed by atoms with van der Waals surface area (Å²) in [5, 5.41) is 2.56. The summed E-state index contributed by atoms with van der Waals surface area (Å²) >= 11 is 0. The standard InChI is InChI=1S/C17H14FN3O4/c18-12-5-3-11(4-6-12)8-19-15(22)14-9-20-17(24)21(16(14)23)10-13-2-1-7-25-13/h1-7,9H,8,10H2,(H,19,22)(H,20,24). The Labute approximate surface area is 140 Å². The van der Waals surface area contributed by atoms with E-state index < -0.39 is 17.2 Å². The number of halogens is 1. The van der Waals surface area contributed by atoms with Gasteiger partial charge in [0.2, 0.25) is 0 Å². The van der Waals surface area contributed by atoms with E-state index in [4.69, 9.17) is 4.42 Å². The van der Waals surface area contributed by atoms with E-state index in [0.717, 1.165) is 10.8 Å². The third-order valence-corrected chi connectivity index (χ3v) is 3.57. The Balaban J connectivity index is 1.79. The molecule has 0 saturated heterocycles. The van der Waals surface area contributed by atoms with E-state index in [-0.39, 0.29) is 24.5 Å². The maximum absolute atomic E-state index is 12.9. The molecule has 0 aliphatic rings. The average molecular weight is 343 g/mol. The van der Waals surface area contributed by atoms with Gasteiger partial charge < -0.3 is 14.7 Å². The van der Waals surface area contributed by atoms with Gasteiger partial charge in [-0.25, -0.2) is 9.18 Å². The number of hydrogen-bond acceptors (Lipinski definition) is 4. The van der Waals surface area contributed by atoms with Gasteiger partial charge in [0.15, 0.2) is 0 Å². The van der Waals surface area contributed by atoms with Gasteiger partial charge in [-0.1, -0.05) is 12.1 Å². The molecule has 1 aromatic carbocycles. The van der Waals surface area contributed by atoms with Gasteiger partial charge in [0, 0.05) is 12.7 Å². The zero-order chi connectivity index (χ0) is 17.8. The van der Waals surface area contributed by atoms with E-state index in [1.165, 1.54) is 30.5 Å². The molecule has 0 saturated carbocycles. The second-order valence-electron chi connectivity index (χ2n) is 5.29. The smallest absolute Gasteiger partial charge is 0.328 e. The molecule has 3 aromatic rings. The van der Waals surface area contributed by atoms with E-state index in [0.29, 0.717) is 11.3 Å². The fourth-order valence-corrected chi connectivity index (χ4v) is 2.26. The van der Waals surface area contributed by atoms with E-state index >= 15 is 0 Å². The Morgan fingerprint density at radius 2 is 1.96 bits per heavy atom. The molecule has 2 aromatic heterocycles. The molecule has 0 aliphatic carbocycles. The predicted octanol–water partition coefficient (Wildman–Crippen LogP) is 1.25. The largest absolute Gasteiger partial charge is 0.467 e. The summed E-state index contributed by atoms with van der Waals surface area (Å²) < 4.78 is 18.9. The predicted molar refractivity (Wildman–Crippen MR) is 86.7 cm³/mol. The van der Waals surface area contributed by atoms with Crippen molar-refractivity contribution in [3.8, 4) is 0 Å². The van der Waals surface area contributed by atoms with Crippen LogP contribution in [0, 0.1) is 5.82 Å². The SMILES string of the molecule is O=C(NCc1ccc(F)cc1)c1c[nH]c(=O)n(Cc2ccco2)c1=O. The minimum absolute atomic E-state index is 0.0831. The maximum atomic E-state index is 12.9. The average Bonchev–Trinajstić information content (AvgIpc) is 3.11. The first-order valence-corrected chi connectivity index (χ1v) is 7.42. The first kappa shape index (κ1) is 16.4. The van der Waals surface area contributed by atoms with Crippen LogP contribution < -0.4 is 16.6 Å². The lowest BCUT2D eigenvalue weighted by Crippen LogP contribution is -2.40. The molecule has 3 rings (SSSR count). The third kappa shape index (κ3) is 3.74. The van der Waals surface area contributed by atoms with Crippen LogP contribution in [0.1, 0.15) is 21.7 Å². The first-order chi connectivity index (χ1) is 12.0. The third-order valence-electron chi connectivity index (χ3n) is 3.57. The fraction of sp³-hybridized carbons (Fsp3) is 0.118. The number of rotatable bonds is 5. The van der Waals surface area contributed by atoms with Crippen LogP contribution in [0.25, 0.3) is 0 Å². The van der Waals surface area contributed by atoms with Gasteiger partial charge in [0.1, 0.15) is 17.1 Å². The van der Waals surface area contributed by atoms with E-state index in [2.05, 4.69) is 10.3 Å². The number of carbonyl (C=O) groups excluding carboxylic acids is 1. The Hall–Kier alpha value is -3.42.